The van der Waals surface area contributed by atoms with E-state index in [-0.39, 0.29) is 18.4 Å². The number of halogens is 2. The molecule has 1 aliphatic heterocycles. The van der Waals surface area contributed by atoms with Gasteiger partial charge in [-0.15, -0.1) is 0 Å². The highest BCUT2D eigenvalue weighted by Gasteiger charge is 2.23. The number of oxazole rings is 1. The van der Waals surface area contributed by atoms with Crippen LogP contribution in [-0.2, 0) is 16.0 Å². The molecular weight excluding hydrogens is 447 g/mol. The van der Waals surface area contributed by atoms with Gasteiger partial charge in [-0.1, -0.05) is 29.8 Å². The van der Waals surface area contributed by atoms with E-state index in [1.807, 2.05) is 23.1 Å². The van der Waals surface area contributed by atoms with Crippen molar-refractivity contribution >= 4 is 29.1 Å². The van der Waals surface area contributed by atoms with E-state index >= 15 is 0 Å². The van der Waals surface area contributed by atoms with Gasteiger partial charge in [0.05, 0.1) is 17.8 Å². The Hall–Kier alpha value is -3.23. The lowest BCUT2D eigenvalue weighted by atomic mass is 10.2. The molecule has 3 aromatic rings. The lowest BCUT2D eigenvalue weighted by Crippen LogP contribution is -2.50. The van der Waals surface area contributed by atoms with Gasteiger partial charge in [-0.25, -0.2) is 9.37 Å². The summed E-state index contributed by atoms with van der Waals surface area (Å²) in [6, 6.07) is 13.2. The molecule has 2 heterocycles. The minimum absolute atomic E-state index is 0.0244. The molecule has 1 N–H and O–H groups in total. The van der Waals surface area contributed by atoms with E-state index in [1.165, 1.54) is 12.1 Å². The molecule has 33 heavy (non-hydrogen) atoms. The lowest BCUT2D eigenvalue weighted by molar-refractivity contribution is -0.133. The molecule has 1 aromatic heterocycles. The Morgan fingerprint density at radius 3 is 2.64 bits per heavy atom. The van der Waals surface area contributed by atoms with Crippen LogP contribution in [0.2, 0.25) is 5.02 Å². The molecule has 0 atom stereocenters. The molecule has 0 saturated carbocycles. The molecule has 2 aromatic carbocycles. The van der Waals surface area contributed by atoms with Crippen molar-refractivity contribution in [3.8, 4) is 11.3 Å². The zero-order chi connectivity index (χ0) is 23.2. The molecule has 172 valence electrons. The van der Waals surface area contributed by atoms with Crippen LogP contribution < -0.4 is 5.32 Å². The number of hydrogen-bond donors (Lipinski definition) is 1. The van der Waals surface area contributed by atoms with Crippen molar-refractivity contribution in [2.45, 2.75) is 12.8 Å². The molecule has 0 aliphatic carbocycles. The Balaban J connectivity index is 1.20. The third-order valence-corrected chi connectivity index (χ3v) is 5.78. The van der Waals surface area contributed by atoms with Gasteiger partial charge in [0.25, 0.3) is 0 Å². The predicted molar refractivity (Wildman–Crippen MR) is 123 cm³/mol. The second-order valence-corrected chi connectivity index (χ2v) is 8.22. The molecule has 0 unspecified atom stereocenters. The van der Waals surface area contributed by atoms with E-state index in [4.69, 9.17) is 16.0 Å². The topological polar surface area (TPSA) is 78.7 Å². The minimum atomic E-state index is -0.398. The van der Waals surface area contributed by atoms with Crippen molar-refractivity contribution in [3.63, 3.8) is 0 Å². The molecule has 7 nitrogen and oxygen atoms in total. The first-order valence-electron chi connectivity index (χ1n) is 10.7. The Labute approximate surface area is 196 Å². The van der Waals surface area contributed by atoms with Crippen LogP contribution >= 0.6 is 11.6 Å². The highest BCUT2D eigenvalue weighted by atomic mass is 35.5. The molecular formula is C24H24ClFN4O3. The first-order chi connectivity index (χ1) is 16.0. The second-order valence-electron chi connectivity index (χ2n) is 7.81. The first kappa shape index (κ1) is 22.9. The summed E-state index contributed by atoms with van der Waals surface area (Å²) in [7, 11) is 0. The van der Waals surface area contributed by atoms with E-state index < -0.39 is 5.82 Å². The fourth-order valence-electron chi connectivity index (χ4n) is 3.71. The standard InChI is InChI=1S/C24H24ClFN4O3/c25-20-7-2-1-6-19(20)21-15-27-23(33-21)8-9-24(32)30-12-10-29(11-13-30)16-22(31)28-18-5-3-4-17(26)14-18/h1-7,14-15H,8-13,16H2,(H,28,31). The number of nitrogens with zero attached hydrogens (tertiary/aromatic N) is 3. The third-order valence-electron chi connectivity index (χ3n) is 5.45. The molecule has 4 rings (SSSR count). The summed E-state index contributed by atoms with van der Waals surface area (Å²) in [5, 5.41) is 3.28. The molecule has 2 amide bonds. The van der Waals surface area contributed by atoms with E-state index in [0.717, 1.165) is 5.56 Å². The molecule has 9 heteroatoms. The van der Waals surface area contributed by atoms with Gasteiger partial charge in [0.15, 0.2) is 11.7 Å². The van der Waals surface area contributed by atoms with E-state index in [9.17, 15) is 14.0 Å². The number of carbonyl (C=O) groups excluding carboxylic acids is 2. The van der Waals surface area contributed by atoms with Crippen molar-refractivity contribution in [1.29, 1.82) is 0 Å². The maximum atomic E-state index is 13.2. The van der Waals surface area contributed by atoms with Gasteiger partial charge in [0.1, 0.15) is 5.82 Å². The molecule has 1 aliphatic rings. The van der Waals surface area contributed by atoms with Crippen LogP contribution in [0.4, 0.5) is 10.1 Å². The third kappa shape index (κ3) is 6.18. The molecule has 1 fully saturated rings. The smallest absolute Gasteiger partial charge is 0.238 e. The van der Waals surface area contributed by atoms with Crippen LogP contribution in [0.15, 0.2) is 59.1 Å². The van der Waals surface area contributed by atoms with Crippen LogP contribution in [0.3, 0.4) is 0 Å². The Kier molecular flexibility index (Phi) is 7.36. The summed E-state index contributed by atoms with van der Waals surface area (Å²) in [5.74, 6) is 0.485. The van der Waals surface area contributed by atoms with Gasteiger partial charge >= 0.3 is 0 Å². The van der Waals surface area contributed by atoms with E-state index in [1.54, 1.807) is 29.3 Å². The quantitative estimate of drug-likeness (QED) is 0.567. The van der Waals surface area contributed by atoms with Crippen LogP contribution in [0.25, 0.3) is 11.3 Å². The molecule has 0 spiro atoms. The zero-order valence-corrected chi connectivity index (χ0v) is 18.7. The average molecular weight is 471 g/mol. The molecule has 0 radical (unpaired) electrons. The van der Waals surface area contributed by atoms with Crippen molar-refractivity contribution in [2.24, 2.45) is 0 Å². The summed E-state index contributed by atoms with van der Waals surface area (Å²) in [6.07, 6.45) is 2.32. The van der Waals surface area contributed by atoms with Crippen molar-refractivity contribution in [2.75, 3.05) is 38.0 Å². The first-order valence-corrected chi connectivity index (χ1v) is 11.1. The Morgan fingerprint density at radius 2 is 1.88 bits per heavy atom. The number of piperazine rings is 1. The highest BCUT2D eigenvalue weighted by molar-refractivity contribution is 6.33. The fraction of sp³-hybridized carbons (Fsp3) is 0.292. The summed E-state index contributed by atoms with van der Waals surface area (Å²) in [6.45, 7) is 2.47. The normalized spacial score (nSPS) is 14.3. The number of aromatic nitrogens is 1. The van der Waals surface area contributed by atoms with Gasteiger partial charge in [0, 0.05) is 50.3 Å². The van der Waals surface area contributed by atoms with Crippen LogP contribution in [0.1, 0.15) is 12.3 Å². The van der Waals surface area contributed by atoms with Crippen LogP contribution in [-0.4, -0.2) is 59.3 Å². The number of benzene rings is 2. The van der Waals surface area contributed by atoms with E-state index in [0.29, 0.717) is 61.4 Å². The maximum absolute atomic E-state index is 13.2. The van der Waals surface area contributed by atoms with E-state index in [2.05, 4.69) is 10.3 Å². The number of amides is 2. The summed E-state index contributed by atoms with van der Waals surface area (Å²) in [5.41, 5.74) is 1.19. The fourth-order valence-corrected chi connectivity index (χ4v) is 3.94. The number of anilines is 1. The van der Waals surface area contributed by atoms with Crippen LogP contribution in [0.5, 0.6) is 0 Å². The number of rotatable bonds is 7. The van der Waals surface area contributed by atoms with Gasteiger partial charge < -0.3 is 14.6 Å². The number of aryl methyl sites for hydroxylation is 1. The van der Waals surface area contributed by atoms with Gasteiger partial charge in [-0.2, -0.15) is 0 Å². The monoisotopic (exact) mass is 470 g/mol. The Morgan fingerprint density at radius 1 is 1.09 bits per heavy atom. The zero-order valence-electron chi connectivity index (χ0n) is 18.0. The van der Waals surface area contributed by atoms with Crippen molar-refractivity contribution < 1.29 is 18.4 Å². The van der Waals surface area contributed by atoms with Gasteiger partial charge in [-0.05, 0) is 30.3 Å². The number of hydrogen-bond acceptors (Lipinski definition) is 5. The number of carbonyl (C=O) groups is 2. The van der Waals surface area contributed by atoms with Gasteiger partial charge in [0.2, 0.25) is 11.8 Å². The summed E-state index contributed by atoms with van der Waals surface area (Å²) in [4.78, 5) is 32.8. The van der Waals surface area contributed by atoms with Crippen molar-refractivity contribution in [3.05, 3.63) is 71.5 Å². The summed E-state index contributed by atoms with van der Waals surface area (Å²) >= 11 is 6.19. The average Bonchev–Trinajstić information content (AvgIpc) is 3.27. The van der Waals surface area contributed by atoms with Crippen molar-refractivity contribution in [1.82, 2.24) is 14.8 Å². The Bertz CT molecular complexity index is 1130. The molecule has 0 bridgehead atoms. The second kappa shape index (κ2) is 10.6. The number of nitrogens with one attached hydrogen (secondary N) is 1. The summed E-state index contributed by atoms with van der Waals surface area (Å²) < 4.78 is 19.0. The lowest BCUT2D eigenvalue weighted by Gasteiger charge is -2.34. The SMILES string of the molecule is O=C(CN1CCN(C(=O)CCc2ncc(-c3ccccc3Cl)o2)CC1)Nc1cccc(F)c1. The maximum Gasteiger partial charge on any atom is 0.238 e. The van der Waals surface area contributed by atoms with Gasteiger partial charge in [-0.3, -0.25) is 14.5 Å². The molecule has 1 saturated heterocycles. The predicted octanol–water partition coefficient (Wildman–Crippen LogP) is 3.85. The largest absolute Gasteiger partial charge is 0.441 e. The minimum Gasteiger partial charge on any atom is -0.441 e. The van der Waals surface area contributed by atoms with Crippen LogP contribution in [0, 0.1) is 5.82 Å². The highest BCUT2D eigenvalue weighted by Crippen LogP contribution is 2.28.